The van der Waals surface area contributed by atoms with Crippen molar-refractivity contribution in [2.45, 2.75) is 32.5 Å². The quantitative estimate of drug-likeness (QED) is 0.559. The maximum atomic E-state index is 12.8. The number of amides is 2. The molecule has 4 rings (SSSR count). The van der Waals surface area contributed by atoms with Crippen molar-refractivity contribution in [3.8, 4) is 5.75 Å². The first-order valence-electron chi connectivity index (χ1n) is 9.69. The second-order valence-electron chi connectivity index (χ2n) is 7.56. The number of nitrogens with one attached hydrogen (secondary N) is 2. The van der Waals surface area contributed by atoms with Gasteiger partial charge in [0.1, 0.15) is 11.4 Å². The smallest absolute Gasteiger partial charge is 0.342 e. The van der Waals surface area contributed by atoms with E-state index in [2.05, 4.69) is 20.7 Å². The van der Waals surface area contributed by atoms with Crippen LogP contribution in [0.1, 0.15) is 35.9 Å². The third kappa shape index (κ3) is 3.42. The topological polar surface area (TPSA) is 140 Å². The van der Waals surface area contributed by atoms with Crippen LogP contribution in [0.4, 0.5) is 4.79 Å². The van der Waals surface area contributed by atoms with Crippen molar-refractivity contribution in [2.24, 2.45) is 0 Å². The molecule has 0 atom stereocenters. The van der Waals surface area contributed by atoms with Gasteiger partial charge in [0, 0.05) is 12.4 Å². The SMILES string of the molecule is CNC(=O)n1nc(CNC(=O)c2nc3n(c(=O)c2O)CCOC3(C)C)c2ccccc21. The van der Waals surface area contributed by atoms with Crippen molar-refractivity contribution in [2.75, 3.05) is 13.7 Å². The molecule has 11 nitrogen and oxygen atoms in total. The van der Waals surface area contributed by atoms with Gasteiger partial charge in [-0.05, 0) is 19.9 Å². The van der Waals surface area contributed by atoms with Gasteiger partial charge < -0.3 is 20.5 Å². The van der Waals surface area contributed by atoms with Crippen LogP contribution >= 0.6 is 0 Å². The number of benzene rings is 1. The molecule has 0 fully saturated rings. The molecule has 1 aliphatic heterocycles. The summed E-state index contributed by atoms with van der Waals surface area (Å²) in [5.74, 6) is -1.20. The first-order chi connectivity index (χ1) is 14.7. The number of hydrogen-bond donors (Lipinski definition) is 3. The summed E-state index contributed by atoms with van der Waals surface area (Å²) >= 11 is 0. The van der Waals surface area contributed by atoms with Crippen molar-refractivity contribution in [1.29, 1.82) is 0 Å². The molecule has 0 spiro atoms. The van der Waals surface area contributed by atoms with Gasteiger partial charge in [0.2, 0.25) is 5.75 Å². The zero-order chi connectivity index (χ0) is 22.3. The van der Waals surface area contributed by atoms with Crippen LogP contribution < -0.4 is 16.2 Å². The van der Waals surface area contributed by atoms with E-state index in [1.807, 2.05) is 0 Å². The Kier molecular flexibility index (Phi) is 4.97. The highest BCUT2D eigenvalue weighted by Gasteiger charge is 2.34. The summed E-state index contributed by atoms with van der Waals surface area (Å²) in [6, 6.07) is 6.67. The number of carbonyl (C=O) groups is 2. The fourth-order valence-electron chi connectivity index (χ4n) is 3.60. The van der Waals surface area contributed by atoms with E-state index in [1.165, 1.54) is 16.3 Å². The minimum Gasteiger partial charge on any atom is -0.501 e. The number of aromatic nitrogens is 4. The van der Waals surface area contributed by atoms with Crippen LogP contribution in [-0.2, 0) is 23.4 Å². The van der Waals surface area contributed by atoms with E-state index in [9.17, 15) is 19.5 Å². The first kappa shape index (κ1) is 20.5. The molecule has 2 amide bonds. The molecule has 0 aliphatic carbocycles. The van der Waals surface area contributed by atoms with Crippen LogP contribution in [0.5, 0.6) is 5.75 Å². The number of fused-ring (bicyclic) bond motifs is 2. The van der Waals surface area contributed by atoms with Crippen LogP contribution in [0, 0.1) is 0 Å². The fourth-order valence-corrected chi connectivity index (χ4v) is 3.60. The second kappa shape index (κ2) is 7.51. The van der Waals surface area contributed by atoms with E-state index in [0.29, 0.717) is 23.2 Å². The first-order valence-corrected chi connectivity index (χ1v) is 9.69. The number of ether oxygens (including phenoxy) is 1. The Labute approximate surface area is 176 Å². The van der Waals surface area contributed by atoms with E-state index in [-0.39, 0.29) is 24.6 Å². The van der Waals surface area contributed by atoms with E-state index in [0.717, 1.165) is 0 Å². The molecule has 31 heavy (non-hydrogen) atoms. The molecule has 0 unspecified atom stereocenters. The van der Waals surface area contributed by atoms with Crippen LogP contribution in [0.3, 0.4) is 0 Å². The zero-order valence-corrected chi connectivity index (χ0v) is 17.3. The summed E-state index contributed by atoms with van der Waals surface area (Å²) in [6.45, 7) is 3.97. The molecule has 0 saturated heterocycles. The zero-order valence-electron chi connectivity index (χ0n) is 17.3. The van der Waals surface area contributed by atoms with E-state index < -0.39 is 28.8 Å². The molecule has 2 aromatic heterocycles. The summed E-state index contributed by atoms with van der Waals surface area (Å²) in [6.07, 6.45) is 0. The fraction of sp³-hybridized carbons (Fsp3) is 0.350. The van der Waals surface area contributed by atoms with Crippen LogP contribution in [0.15, 0.2) is 29.1 Å². The molecule has 11 heteroatoms. The lowest BCUT2D eigenvalue weighted by atomic mass is 10.1. The summed E-state index contributed by atoms with van der Waals surface area (Å²) < 4.78 is 8.17. The highest BCUT2D eigenvalue weighted by molar-refractivity contribution is 5.95. The molecule has 3 heterocycles. The predicted octanol–water partition coefficient (Wildman–Crippen LogP) is 0.681. The van der Waals surface area contributed by atoms with Gasteiger partial charge in [-0.1, -0.05) is 18.2 Å². The van der Waals surface area contributed by atoms with Crippen molar-refractivity contribution in [3.63, 3.8) is 0 Å². The second-order valence-corrected chi connectivity index (χ2v) is 7.56. The van der Waals surface area contributed by atoms with Gasteiger partial charge in [-0.2, -0.15) is 9.78 Å². The van der Waals surface area contributed by atoms with Gasteiger partial charge in [0.15, 0.2) is 5.69 Å². The van der Waals surface area contributed by atoms with Crippen molar-refractivity contribution in [1.82, 2.24) is 30.0 Å². The van der Waals surface area contributed by atoms with Gasteiger partial charge in [-0.3, -0.25) is 14.2 Å². The maximum absolute atomic E-state index is 12.8. The van der Waals surface area contributed by atoms with Crippen LogP contribution in [0.25, 0.3) is 10.9 Å². The van der Waals surface area contributed by atoms with E-state index >= 15 is 0 Å². The summed E-state index contributed by atoms with van der Waals surface area (Å²) in [7, 11) is 1.49. The lowest BCUT2D eigenvalue weighted by Crippen LogP contribution is -2.42. The van der Waals surface area contributed by atoms with E-state index in [4.69, 9.17) is 4.74 Å². The van der Waals surface area contributed by atoms with Gasteiger partial charge in [0.05, 0.1) is 30.9 Å². The Morgan fingerprint density at radius 2 is 2.03 bits per heavy atom. The molecule has 3 aromatic rings. The minimum absolute atomic E-state index is 0.0389. The number of hydrogen-bond acceptors (Lipinski definition) is 7. The maximum Gasteiger partial charge on any atom is 0.342 e. The number of para-hydroxylation sites is 1. The monoisotopic (exact) mass is 426 g/mol. The summed E-state index contributed by atoms with van der Waals surface area (Å²) in [5, 5.41) is 20.4. The third-order valence-corrected chi connectivity index (χ3v) is 5.16. The number of rotatable bonds is 3. The Morgan fingerprint density at radius 3 is 2.77 bits per heavy atom. The van der Waals surface area contributed by atoms with Crippen LogP contribution in [-0.4, -0.2) is 50.0 Å². The normalized spacial score (nSPS) is 14.8. The third-order valence-electron chi connectivity index (χ3n) is 5.16. The molecule has 0 radical (unpaired) electrons. The van der Waals surface area contributed by atoms with Crippen molar-refractivity contribution >= 4 is 22.8 Å². The molecule has 162 valence electrons. The number of aromatic hydroxyl groups is 1. The molecular weight excluding hydrogens is 404 g/mol. The summed E-state index contributed by atoms with van der Waals surface area (Å²) in [4.78, 5) is 41.7. The minimum atomic E-state index is -0.886. The molecule has 0 saturated carbocycles. The number of carbonyl (C=O) groups excluding carboxylic acids is 2. The Morgan fingerprint density at radius 1 is 1.29 bits per heavy atom. The molecule has 1 aromatic carbocycles. The largest absolute Gasteiger partial charge is 0.501 e. The lowest BCUT2D eigenvalue weighted by Gasteiger charge is -2.32. The van der Waals surface area contributed by atoms with Crippen molar-refractivity contribution < 1.29 is 19.4 Å². The molecular formula is C20H22N6O5. The Bertz CT molecular complexity index is 1260. The highest BCUT2D eigenvalue weighted by atomic mass is 16.5. The average Bonchev–Trinajstić information content (AvgIpc) is 3.13. The van der Waals surface area contributed by atoms with Gasteiger partial charge in [-0.15, -0.1) is 0 Å². The van der Waals surface area contributed by atoms with Gasteiger partial charge in [-0.25, -0.2) is 9.78 Å². The predicted molar refractivity (Wildman–Crippen MR) is 110 cm³/mol. The molecule has 0 bridgehead atoms. The lowest BCUT2D eigenvalue weighted by molar-refractivity contribution is -0.0566. The Hall–Kier alpha value is -3.73. The van der Waals surface area contributed by atoms with Gasteiger partial charge in [0.25, 0.3) is 11.5 Å². The highest BCUT2D eigenvalue weighted by Crippen LogP contribution is 2.27. The van der Waals surface area contributed by atoms with E-state index in [1.54, 1.807) is 38.1 Å². The summed E-state index contributed by atoms with van der Waals surface area (Å²) in [5.41, 5.74) is -0.933. The van der Waals surface area contributed by atoms with Crippen molar-refractivity contribution in [3.05, 3.63) is 51.8 Å². The average molecular weight is 426 g/mol. The Balaban J connectivity index is 1.66. The van der Waals surface area contributed by atoms with Crippen LogP contribution in [0.2, 0.25) is 0 Å². The standard InChI is InChI=1S/C20H22N6O5/c1-20(2)18-23-14(15(27)17(29)25(18)8-9-31-20)16(28)22-10-12-11-6-4-5-7-13(11)26(24-12)19(30)21-3/h4-7,27H,8-10H2,1-3H3,(H,21,30)(H,22,28). The van der Waals surface area contributed by atoms with Gasteiger partial charge >= 0.3 is 6.03 Å². The molecule has 3 N–H and O–H groups in total. The number of nitrogens with zero attached hydrogens (tertiary/aromatic N) is 4. The molecule has 1 aliphatic rings.